The number of ketones is 1. The fourth-order valence-corrected chi connectivity index (χ4v) is 3.58. The molecule has 0 unspecified atom stereocenters. The lowest BCUT2D eigenvalue weighted by Gasteiger charge is -2.31. The molecule has 0 saturated heterocycles. The SMILES string of the molecule is Cc1ccc2c3c(cc4c2c1CCO4)C(C)(C)C(=O)C=C3. The van der Waals surface area contributed by atoms with Crippen molar-refractivity contribution in [2.24, 2.45) is 0 Å². The van der Waals surface area contributed by atoms with E-state index >= 15 is 0 Å². The Morgan fingerprint density at radius 1 is 1.19 bits per heavy atom. The van der Waals surface area contributed by atoms with Crippen molar-refractivity contribution in [3.63, 3.8) is 0 Å². The molecule has 0 amide bonds. The number of hydrogen-bond donors (Lipinski definition) is 0. The average Bonchev–Trinajstić information content (AvgIpc) is 2.47. The molecule has 2 aromatic rings. The number of hydrogen-bond acceptors (Lipinski definition) is 2. The molecule has 0 bridgehead atoms. The van der Waals surface area contributed by atoms with Crippen molar-refractivity contribution >= 4 is 22.6 Å². The van der Waals surface area contributed by atoms with E-state index in [0.29, 0.717) is 0 Å². The first-order valence-electron chi connectivity index (χ1n) is 7.45. The molecular formula is C19H18O2. The lowest BCUT2D eigenvalue weighted by atomic mass is 9.73. The minimum atomic E-state index is -0.485. The number of ether oxygens (including phenoxy) is 1. The highest BCUT2D eigenvalue weighted by molar-refractivity contribution is 6.10. The molecule has 2 aromatic carbocycles. The second-order valence-electron chi connectivity index (χ2n) is 6.54. The van der Waals surface area contributed by atoms with Crippen molar-refractivity contribution in [2.75, 3.05) is 6.61 Å². The summed E-state index contributed by atoms with van der Waals surface area (Å²) in [4.78, 5) is 12.2. The summed E-state index contributed by atoms with van der Waals surface area (Å²) < 4.78 is 5.91. The summed E-state index contributed by atoms with van der Waals surface area (Å²) in [6.45, 7) is 6.87. The van der Waals surface area contributed by atoms with E-state index in [1.165, 1.54) is 27.5 Å². The number of benzene rings is 2. The Labute approximate surface area is 124 Å². The highest BCUT2D eigenvalue weighted by Crippen LogP contribution is 2.44. The maximum Gasteiger partial charge on any atom is 0.165 e. The average molecular weight is 278 g/mol. The van der Waals surface area contributed by atoms with Crippen molar-refractivity contribution in [2.45, 2.75) is 32.6 Å². The van der Waals surface area contributed by atoms with E-state index in [0.717, 1.165) is 24.3 Å². The molecule has 0 N–H and O–H groups in total. The predicted molar refractivity (Wildman–Crippen MR) is 85.0 cm³/mol. The first kappa shape index (κ1) is 12.6. The Bertz CT molecular complexity index is 825. The van der Waals surface area contributed by atoms with E-state index in [2.05, 4.69) is 25.1 Å². The molecule has 0 saturated carbocycles. The first-order valence-corrected chi connectivity index (χ1v) is 7.45. The molecule has 0 radical (unpaired) electrons. The van der Waals surface area contributed by atoms with Gasteiger partial charge in [-0.15, -0.1) is 0 Å². The van der Waals surface area contributed by atoms with Gasteiger partial charge >= 0.3 is 0 Å². The van der Waals surface area contributed by atoms with Gasteiger partial charge in [-0.25, -0.2) is 0 Å². The largest absolute Gasteiger partial charge is 0.493 e. The third kappa shape index (κ3) is 1.56. The van der Waals surface area contributed by atoms with Gasteiger partial charge in [0.1, 0.15) is 5.75 Å². The fourth-order valence-electron chi connectivity index (χ4n) is 3.58. The van der Waals surface area contributed by atoms with Crippen molar-refractivity contribution in [1.82, 2.24) is 0 Å². The van der Waals surface area contributed by atoms with Gasteiger partial charge in [-0.05, 0) is 60.6 Å². The first-order chi connectivity index (χ1) is 10.00. The fraction of sp³-hybridized carbons (Fsp3) is 0.316. The van der Waals surface area contributed by atoms with Gasteiger partial charge in [-0.3, -0.25) is 4.79 Å². The minimum absolute atomic E-state index is 0.157. The molecular weight excluding hydrogens is 260 g/mol. The van der Waals surface area contributed by atoms with E-state index in [4.69, 9.17) is 4.74 Å². The molecule has 0 fully saturated rings. The van der Waals surface area contributed by atoms with Crippen LogP contribution >= 0.6 is 0 Å². The molecule has 2 aliphatic rings. The zero-order chi connectivity index (χ0) is 14.8. The second kappa shape index (κ2) is 3.97. The van der Waals surface area contributed by atoms with Gasteiger partial charge in [-0.2, -0.15) is 0 Å². The van der Waals surface area contributed by atoms with Gasteiger partial charge in [-0.1, -0.05) is 18.2 Å². The molecule has 2 nitrogen and oxygen atoms in total. The highest BCUT2D eigenvalue weighted by Gasteiger charge is 2.34. The Kier molecular flexibility index (Phi) is 2.39. The lowest BCUT2D eigenvalue weighted by molar-refractivity contribution is -0.118. The van der Waals surface area contributed by atoms with Crippen molar-refractivity contribution in [1.29, 1.82) is 0 Å². The molecule has 1 aliphatic carbocycles. The van der Waals surface area contributed by atoms with Crippen LogP contribution in [-0.2, 0) is 16.6 Å². The Morgan fingerprint density at radius 2 is 2.00 bits per heavy atom. The van der Waals surface area contributed by atoms with E-state index in [-0.39, 0.29) is 5.78 Å². The Morgan fingerprint density at radius 3 is 2.81 bits per heavy atom. The highest BCUT2D eigenvalue weighted by atomic mass is 16.5. The monoisotopic (exact) mass is 278 g/mol. The summed E-state index contributed by atoms with van der Waals surface area (Å²) in [7, 11) is 0. The van der Waals surface area contributed by atoms with Crippen LogP contribution in [0.3, 0.4) is 0 Å². The third-order valence-corrected chi connectivity index (χ3v) is 4.95. The standard InChI is InChI=1S/C19H18O2/c1-11-4-5-14-13-6-7-17(20)19(2,3)15(13)10-16-18(14)12(11)8-9-21-16/h4-7,10H,8-9H2,1-3H3. The number of carbonyl (C=O) groups excluding carboxylic acids is 1. The quantitative estimate of drug-likeness (QED) is 0.729. The smallest absolute Gasteiger partial charge is 0.165 e. The summed E-state index contributed by atoms with van der Waals surface area (Å²) in [5, 5.41) is 2.44. The van der Waals surface area contributed by atoms with Crippen molar-refractivity contribution < 1.29 is 9.53 Å². The van der Waals surface area contributed by atoms with Crippen molar-refractivity contribution in [3.8, 4) is 5.75 Å². The molecule has 0 aromatic heterocycles. The number of allylic oxidation sites excluding steroid dienone is 1. The maximum absolute atomic E-state index is 12.2. The van der Waals surface area contributed by atoms with E-state index < -0.39 is 5.41 Å². The normalized spacial score (nSPS) is 18.5. The summed E-state index contributed by atoms with van der Waals surface area (Å²) in [5.41, 5.74) is 4.47. The zero-order valence-corrected chi connectivity index (χ0v) is 12.6. The van der Waals surface area contributed by atoms with Crippen LogP contribution in [0.1, 0.15) is 36.1 Å². The lowest BCUT2D eigenvalue weighted by Crippen LogP contribution is -2.31. The van der Waals surface area contributed by atoms with Gasteiger partial charge in [0, 0.05) is 11.8 Å². The summed E-state index contributed by atoms with van der Waals surface area (Å²) >= 11 is 0. The second-order valence-corrected chi connectivity index (χ2v) is 6.54. The van der Waals surface area contributed by atoms with Gasteiger partial charge in [0.05, 0.1) is 12.0 Å². The van der Waals surface area contributed by atoms with Crippen LogP contribution in [-0.4, -0.2) is 12.4 Å². The van der Waals surface area contributed by atoms with Crippen LogP contribution in [0.2, 0.25) is 0 Å². The predicted octanol–water partition coefficient (Wildman–Crippen LogP) is 3.96. The molecule has 0 atom stereocenters. The van der Waals surface area contributed by atoms with Gasteiger partial charge < -0.3 is 4.74 Å². The molecule has 21 heavy (non-hydrogen) atoms. The number of fused-ring (bicyclic) bond motifs is 2. The maximum atomic E-state index is 12.2. The Balaban J connectivity index is 2.18. The molecule has 4 rings (SSSR count). The third-order valence-electron chi connectivity index (χ3n) is 4.95. The summed E-state index contributed by atoms with van der Waals surface area (Å²) in [5.74, 6) is 1.09. The topological polar surface area (TPSA) is 26.3 Å². The van der Waals surface area contributed by atoms with Crippen LogP contribution in [0.5, 0.6) is 5.75 Å². The number of carbonyl (C=O) groups is 1. The number of aryl methyl sites for hydroxylation is 1. The van der Waals surface area contributed by atoms with E-state index in [1.807, 2.05) is 19.9 Å². The molecule has 1 heterocycles. The van der Waals surface area contributed by atoms with E-state index in [9.17, 15) is 4.79 Å². The van der Waals surface area contributed by atoms with Crippen LogP contribution in [0.25, 0.3) is 16.8 Å². The van der Waals surface area contributed by atoms with Crippen LogP contribution in [0.4, 0.5) is 0 Å². The van der Waals surface area contributed by atoms with Crippen LogP contribution in [0, 0.1) is 6.92 Å². The molecule has 106 valence electrons. The Hall–Kier alpha value is -2.09. The van der Waals surface area contributed by atoms with Gasteiger partial charge in [0.15, 0.2) is 5.78 Å². The molecule has 2 heteroatoms. The van der Waals surface area contributed by atoms with E-state index in [1.54, 1.807) is 6.08 Å². The van der Waals surface area contributed by atoms with Gasteiger partial charge in [0.2, 0.25) is 0 Å². The minimum Gasteiger partial charge on any atom is -0.493 e. The number of rotatable bonds is 0. The van der Waals surface area contributed by atoms with Crippen LogP contribution < -0.4 is 4.74 Å². The molecule has 1 aliphatic heterocycles. The molecule has 0 spiro atoms. The summed E-state index contributed by atoms with van der Waals surface area (Å²) in [6, 6.07) is 6.44. The van der Waals surface area contributed by atoms with Gasteiger partial charge in [0.25, 0.3) is 0 Å². The van der Waals surface area contributed by atoms with Crippen molar-refractivity contribution in [3.05, 3.63) is 46.5 Å². The summed E-state index contributed by atoms with van der Waals surface area (Å²) in [6.07, 6.45) is 4.64. The zero-order valence-electron chi connectivity index (χ0n) is 12.6. The van der Waals surface area contributed by atoms with Crippen LogP contribution in [0.15, 0.2) is 24.3 Å².